The van der Waals surface area contributed by atoms with Gasteiger partial charge >= 0.3 is 0 Å². The van der Waals surface area contributed by atoms with Gasteiger partial charge in [0.1, 0.15) is 0 Å². The van der Waals surface area contributed by atoms with Gasteiger partial charge in [-0.15, -0.1) is 0 Å². The highest BCUT2D eigenvalue weighted by Gasteiger charge is 2.14. The van der Waals surface area contributed by atoms with Crippen molar-refractivity contribution in [2.24, 2.45) is 11.7 Å². The lowest BCUT2D eigenvalue weighted by molar-refractivity contribution is 0.450. The Balaban J connectivity index is 2.91. The minimum Gasteiger partial charge on any atom is -0.324 e. The van der Waals surface area contributed by atoms with Crippen molar-refractivity contribution in [2.75, 3.05) is 0 Å². The molecule has 1 unspecified atom stereocenters. The highest BCUT2D eigenvalue weighted by molar-refractivity contribution is 5.21. The van der Waals surface area contributed by atoms with Crippen molar-refractivity contribution in [3.63, 3.8) is 0 Å². The topological polar surface area (TPSA) is 26.0 Å². The van der Waals surface area contributed by atoms with E-state index in [1.165, 1.54) is 12.1 Å². The van der Waals surface area contributed by atoms with Crippen LogP contribution in [0, 0.1) is 17.6 Å². The Hall–Kier alpha value is -0.960. The molecule has 0 amide bonds. The molecule has 0 bridgehead atoms. The summed E-state index contributed by atoms with van der Waals surface area (Å²) in [6, 6.07) is 3.60. The summed E-state index contributed by atoms with van der Waals surface area (Å²) >= 11 is 0. The molecule has 0 aliphatic carbocycles. The molecule has 2 atom stereocenters. The molecular formula is C11H15F2N. The third-order valence-electron chi connectivity index (χ3n) is 2.59. The summed E-state index contributed by atoms with van der Waals surface area (Å²) in [6.07, 6.45) is 0.917. The zero-order valence-corrected chi connectivity index (χ0v) is 8.43. The molecule has 1 aromatic rings. The summed E-state index contributed by atoms with van der Waals surface area (Å²) in [7, 11) is 0. The number of hydrogen-bond donors (Lipinski definition) is 1. The largest absolute Gasteiger partial charge is 0.324 e. The molecule has 3 heteroatoms. The smallest absolute Gasteiger partial charge is 0.159 e. The third-order valence-corrected chi connectivity index (χ3v) is 2.59. The van der Waals surface area contributed by atoms with Crippen LogP contribution in [0.5, 0.6) is 0 Å². The van der Waals surface area contributed by atoms with Crippen LogP contribution < -0.4 is 5.73 Å². The van der Waals surface area contributed by atoms with Gasteiger partial charge in [0, 0.05) is 6.04 Å². The van der Waals surface area contributed by atoms with Crippen LogP contribution in [0.2, 0.25) is 0 Å². The summed E-state index contributed by atoms with van der Waals surface area (Å²) < 4.78 is 25.5. The van der Waals surface area contributed by atoms with E-state index in [1.54, 1.807) is 0 Å². The summed E-state index contributed by atoms with van der Waals surface area (Å²) in [5.41, 5.74) is 6.53. The minimum atomic E-state index is -0.832. The van der Waals surface area contributed by atoms with Crippen LogP contribution >= 0.6 is 0 Å². The number of rotatable bonds is 3. The van der Waals surface area contributed by atoms with E-state index in [9.17, 15) is 8.78 Å². The van der Waals surface area contributed by atoms with Crippen molar-refractivity contribution in [1.82, 2.24) is 0 Å². The van der Waals surface area contributed by atoms with Crippen molar-refractivity contribution >= 4 is 0 Å². The second kappa shape index (κ2) is 4.51. The first kappa shape index (κ1) is 11.1. The highest BCUT2D eigenvalue weighted by Crippen LogP contribution is 2.22. The lowest BCUT2D eigenvalue weighted by atomic mass is 9.93. The molecule has 0 radical (unpaired) electrons. The molecule has 1 rings (SSSR count). The van der Waals surface area contributed by atoms with E-state index in [1.807, 2.05) is 13.8 Å². The summed E-state index contributed by atoms with van der Waals surface area (Å²) in [6.45, 7) is 4.01. The molecule has 2 N–H and O–H groups in total. The molecule has 1 nitrogen and oxygen atoms in total. The van der Waals surface area contributed by atoms with Crippen molar-refractivity contribution < 1.29 is 8.78 Å². The lowest BCUT2D eigenvalue weighted by Crippen LogP contribution is -2.18. The molecular weight excluding hydrogens is 184 g/mol. The van der Waals surface area contributed by atoms with Crippen LogP contribution in [0.3, 0.4) is 0 Å². The monoisotopic (exact) mass is 199 g/mol. The second-order valence-electron chi connectivity index (χ2n) is 3.58. The molecule has 0 aliphatic heterocycles. The molecule has 0 heterocycles. The van der Waals surface area contributed by atoms with Gasteiger partial charge < -0.3 is 5.73 Å². The molecule has 0 saturated carbocycles. The van der Waals surface area contributed by atoms with Crippen LogP contribution in [-0.4, -0.2) is 0 Å². The molecule has 0 aliphatic rings. The predicted octanol–water partition coefficient (Wildman–Crippen LogP) is 3.01. The van der Waals surface area contributed by atoms with Gasteiger partial charge in [-0.1, -0.05) is 26.3 Å². The number of benzene rings is 1. The van der Waals surface area contributed by atoms with Crippen molar-refractivity contribution in [3.05, 3.63) is 35.4 Å². The first-order valence-electron chi connectivity index (χ1n) is 4.76. The Bertz CT molecular complexity index is 312. The van der Waals surface area contributed by atoms with Crippen LogP contribution in [0.25, 0.3) is 0 Å². The SMILES string of the molecule is CCC(C)[C@H](N)c1ccc(F)c(F)c1. The first-order chi connectivity index (χ1) is 6.56. The van der Waals surface area contributed by atoms with Crippen LogP contribution in [0.15, 0.2) is 18.2 Å². The zero-order valence-electron chi connectivity index (χ0n) is 8.43. The quantitative estimate of drug-likeness (QED) is 0.795. The number of nitrogens with two attached hydrogens (primary N) is 1. The zero-order chi connectivity index (χ0) is 10.7. The Labute approximate surface area is 82.9 Å². The fourth-order valence-electron chi connectivity index (χ4n) is 1.30. The molecule has 78 valence electrons. The van der Waals surface area contributed by atoms with E-state index in [2.05, 4.69) is 0 Å². The Morgan fingerprint density at radius 3 is 2.43 bits per heavy atom. The minimum absolute atomic E-state index is 0.227. The summed E-state index contributed by atoms with van der Waals surface area (Å²) in [4.78, 5) is 0. The molecule has 0 spiro atoms. The number of halogens is 2. The van der Waals surface area contributed by atoms with Gasteiger partial charge in [0.15, 0.2) is 11.6 Å². The Morgan fingerprint density at radius 2 is 1.93 bits per heavy atom. The summed E-state index contributed by atoms with van der Waals surface area (Å²) in [5.74, 6) is -1.40. The Morgan fingerprint density at radius 1 is 1.29 bits per heavy atom. The number of hydrogen-bond acceptors (Lipinski definition) is 1. The average molecular weight is 199 g/mol. The van der Waals surface area contributed by atoms with Crippen molar-refractivity contribution in [3.8, 4) is 0 Å². The maximum atomic E-state index is 12.9. The van der Waals surface area contributed by atoms with Gasteiger partial charge in [-0.25, -0.2) is 8.78 Å². The predicted molar refractivity (Wildman–Crippen MR) is 52.7 cm³/mol. The fraction of sp³-hybridized carbons (Fsp3) is 0.455. The first-order valence-corrected chi connectivity index (χ1v) is 4.76. The van der Waals surface area contributed by atoms with E-state index >= 15 is 0 Å². The average Bonchev–Trinajstić information content (AvgIpc) is 2.20. The van der Waals surface area contributed by atoms with Crippen LogP contribution in [0.1, 0.15) is 31.9 Å². The van der Waals surface area contributed by atoms with Gasteiger partial charge in [0.2, 0.25) is 0 Å². The standard InChI is InChI=1S/C11H15F2N/c1-3-7(2)11(14)8-4-5-9(12)10(13)6-8/h4-7,11H,3,14H2,1-2H3/t7?,11-/m0/s1. The normalized spacial score (nSPS) is 15.2. The van der Waals surface area contributed by atoms with E-state index in [0.717, 1.165) is 12.5 Å². The van der Waals surface area contributed by atoms with Gasteiger partial charge in [0.05, 0.1) is 0 Å². The van der Waals surface area contributed by atoms with Crippen LogP contribution in [0.4, 0.5) is 8.78 Å². The van der Waals surface area contributed by atoms with Gasteiger partial charge in [-0.3, -0.25) is 0 Å². The highest BCUT2D eigenvalue weighted by atomic mass is 19.2. The Kier molecular flexibility index (Phi) is 3.58. The van der Waals surface area contributed by atoms with Gasteiger partial charge in [-0.05, 0) is 23.6 Å². The summed E-state index contributed by atoms with van der Waals surface area (Å²) in [5, 5.41) is 0. The fourth-order valence-corrected chi connectivity index (χ4v) is 1.30. The molecule has 14 heavy (non-hydrogen) atoms. The van der Waals surface area contributed by atoms with Crippen molar-refractivity contribution in [1.29, 1.82) is 0 Å². The van der Waals surface area contributed by atoms with E-state index in [-0.39, 0.29) is 12.0 Å². The molecule has 0 fully saturated rings. The van der Waals surface area contributed by atoms with E-state index in [4.69, 9.17) is 5.73 Å². The van der Waals surface area contributed by atoms with Gasteiger partial charge in [-0.2, -0.15) is 0 Å². The van der Waals surface area contributed by atoms with E-state index in [0.29, 0.717) is 5.56 Å². The molecule has 0 aromatic heterocycles. The maximum Gasteiger partial charge on any atom is 0.159 e. The van der Waals surface area contributed by atoms with Crippen LogP contribution in [-0.2, 0) is 0 Å². The molecule has 0 saturated heterocycles. The van der Waals surface area contributed by atoms with Gasteiger partial charge in [0.25, 0.3) is 0 Å². The maximum absolute atomic E-state index is 12.9. The van der Waals surface area contributed by atoms with Crippen molar-refractivity contribution in [2.45, 2.75) is 26.3 Å². The third kappa shape index (κ3) is 2.29. The van der Waals surface area contributed by atoms with E-state index < -0.39 is 11.6 Å². The lowest BCUT2D eigenvalue weighted by Gasteiger charge is -2.18. The second-order valence-corrected chi connectivity index (χ2v) is 3.58. The molecule has 1 aromatic carbocycles.